The van der Waals surface area contributed by atoms with Gasteiger partial charge in [0.25, 0.3) is 0 Å². The van der Waals surface area contributed by atoms with Crippen LogP contribution in [0.25, 0.3) is 0 Å². The van der Waals surface area contributed by atoms with Gasteiger partial charge < -0.3 is 10.2 Å². The van der Waals surface area contributed by atoms with Crippen molar-refractivity contribution >= 4 is 0 Å². The molecular formula is C22H26O2. The summed E-state index contributed by atoms with van der Waals surface area (Å²) in [4.78, 5) is 0. The molecule has 3 aliphatic rings. The summed E-state index contributed by atoms with van der Waals surface area (Å²) in [5.41, 5.74) is 3.98. The third-order valence-corrected chi connectivity index (χ3v) is 6.96. The van der Waals surface area contributed by atoms with Crippen LogP contribution in [-0.2, 0) is 0 Å². The minimum atomic E-state index is -0.449. The Balaban J connectivity index is 1.67. The number of benzene rings is 1. The van der Waals surface area contributed by atoms with E-state index < -0.39 is 6.10 Å². The number of fused-ring (bicyclic) bond motifs is 5. The van der Waals surface area contributed by atoms with Gasteiger partial charge in [-0.1, -0.05) is 30.6 Å². The topological polar surface area (TPSA) is 40.5 Å². The van der Waals surface area contributed by atoms with Gasteiger partial charge in [-0.2, -0.15) is 0 Å². The first-order chi connectivity index (χ1) is 11.5. The zero-order valence-electron chi connectivity index (χ0n) is 14.5. The van der Waals surface area contributed by atoms with E-state index in [9.17, 15) is 10.2 Å². The lowest BCUT2D eigenvalue weighted by atomic mass is 9.54. The van der Waals surface area contributed by atoms with E-state index >= 15 is 0 Å². The van der Waals surface area contributed by atoms with Crippen molar-refractivity contribution in [3.8, 4) is 17.6 Å². The Morgan fingerprint density at radius 2 is 2.12 bits per heavy atom. The van der Waals surface area contributed by atoms with Crippen molar-refractivity contribution in [2.45, 2.75) is 58.0 Å². The molecule has 2 N–H and O–H groups in total. The number of phenolic OH excluding ortho intramolecular Hbond substituents is 1. The smallest absolute Gasteiger partial charge is 0.115 e. The first-order valence-electron chi connectivity index (χ1n) is 9.14. The first kappa shape index (κ1) is 15.8. The van der Waals surface area contributed by atoms with Crippen LogP contribution in [-0.4, -0.2) is 10.2 Å². The lowest BCUT2D eigenvalue weighted by molar-refractivity contribution is 0.0265. The van der Waals surface area contributed by atoms with E-state index in [0.717, 1.165) is 24.8 Å². The highest BCUT2D eigenvalue weighted by Gasteiger charge is 2.52. The minimum absolute atomic E-state index is 0.249. The molecule has 0 aromatic heterocycles. The second kappa shape index (κ2) is 5.67. The molecule has 0 heterocycles. The summed E-state index contributed by atoms with van der Waals surface area (Å²) < 4.78 is 0. The number of allylic oxidation sites excluding steroid dienone is 2. The minimum Gasteiger partial charge on any atom is -0.508 e. The Hall–Kier alpha value is -1.72. The summed E-state index contributed by atoms with van der Waals surface area (Å²) in [5, 5.41) is 20.5. The van der Waals surface area contributed by atoms with Gasteiger partial charge in [-0.15, -0.1) is 5.92 Å². The average Bonchev–Trinajstić information content (AvgIpc) is 2.90. The Morgan fingerprint density at radius 3 is 2.92 bits per heavy atom. The van der Waals surface area contributed by atoms with E-state index in [1.54, 1.807) is 12.1 Å². The Bertz CT molecular complexity index is 751. The van der Waals surface area contributed by atoms with Crippen LogP contribution >= 0.6 is 0 Å². The molecule has 1 saturated carbocycles. The van der Waals surface area contributed by atoms with E-state index in [-0.39, 0.29) is 11.2 Å². The van der Waals surface area contributed by atoms with Gasteiger partial charge in [0.1, 0.15) is 5.75 Å². The van der Waals surface area contributed by atoms with Crippen molar-refractivity contribution < 1.29 is 10.2 Å². The maximum atomic E-state index is 10.7. The van der Waals surface area contributed by atoms with Crippen LogP contribution in [0.1, 0.15) is 69.1 Å². The molecule has 1 aromatic rings. The molecule has 0 radical (unpaired) electrons. The first-order valence-corrected chi connectivity index (χ1v) is 9.14. The van der Waals surface area contributed by atoms with Gasteiger partial charge in [0.2, 0.25) is 0 Å². The van der Waals surface area contributed by atoms with Crippen LogP contribution in [0, 0.1) is 29.1 Å². The van der Waals surface area contributed by atoms with E-state index in [1.165, 1.54) is 24.0 Å². The fourth-order valence-electron chi connectivity index (χ4n) is 5.69. The summed E-state index contributed by atoms with van der Waals surface area (Å²) in [5.74, 6) is 8.21. The van der Waals surface area contributed by atoms with Gasteiger partial charge in [0.15, 0.2) is 0 Å². The maximum absolute atomic E-state index is 10.7. The number of rotatable bonds is 1. The van der Waals surface area contributed by atoms with Crippen molar-refractivity contribution in [2.24, 2.45) is 17.3 Å². The molecule has 2 heteroatoms. The Kier molecular flexibility index (Phi) is 3.73. The van der Waals surface area contributed by atoms with Crippen LogP contribution in [0.3, 0.4) is 0 Å². The summed E-state index contributed by atoms with van der Waals surface area (Å²) >= 11 is 0. The Labute approximate surface area is 144 Å². The van der Waals surface area contributed by atoms with Crippen LogP contribution in [0.5, 0.6) is 5.75 Å². The van der Waals surface area contributed by atoms with Gasteiger partial charge in [-0.25, -0.2) is 0 Å². The highest BCUT2D eigenvalue weighted by atomic mass is 16.3. The third kappa shape index (κ3) is 2.22. The summed E-state index contributed by atoms with van der Waals surface area (Å²) in [6, 6.07) is 5.58. The van der Waals surface area contributed by atoms with Gasteiger partial charge in [0.05, 0.1) is 6.10 Å². The number of aliphatic hydroxyl groups excluding tert-OH is 1. The van der Waals surface area contributed by atoms with Crippen molar-refractivity contribution in [1.82, 2.24) is 0 Å². The normalized spacial score (nSPS) is 36.7. The molecular weight excluding hydrogens is 296 g/mol. The van der Waals surface area contributed by atoms with Crippen molar-refractivity contribution in [3.05, 3.63) is 41.0 Å². The Morgan fingerprint density at radius 1 is 1.29 bits per heavy atom. The zero-order valence-corrected chi connectivity index (χ0v) is 14.5. The lowest BCUT2D eigenvalue weighted by Crippen LogP contribution is -2.42. The number of aliphatic hydroxyl groups is 1. The molecule has 1 fully saturated rings. The molecule has 1 aromatic carbocycles. The molecule has 0 spiro atoms. The van der Waals surface area contributed by atoms with E-state index in [0.29, 0.717) is 17.8 Å². The molecule has 126 valence electrons. The summed E-state index contributed by atoms with van der Waals surface area (Å²) in [7, 11) is 0. The van der Waals surface area contributed by atoms with Gasteiger partial charge in [0, 0.05) is 6.42 Å². The second-order valence-corrected chi connectivity index (χ2v) is 7.97. The van der Waals surface area contributed by atoms with Crippen LogP contribution in [0.15, 0.2) is 29.8 Å². The van der Waals surface area contributed by atoms with Crippen LogP contribution in [0.4, 0.5) is 0 Å². The quantitative estimate of drug-likeness (QED) is 0.582. The SMILES string of the molecule is CC#CCC1=CC[C@H]2[C@@H]3C[C@@H](O)c4cc(O)ccc4[C@H]3CC[C@]12C. The number of aromatic hydroxyl groups is 1. The molecule has 0 aliphatic heterocycles. The van der Waals surface area contributed by atoms with E-state index in [1.807, 2.05) is 13.0 Å². The highest BCUT2D eigenvalue weighted by Crippen LogP contribution is 2.62. The fourth-order valence-corrected chi connectivity index (χ4v) is 5.69. The number of hydrogen-bond acceptors (Lipinski definition) is 2. The second-order valence-electron chi connectivity index (χ2n) is 7.97. The molecule has 24 heavy (non-hydrogen) atoms. The predicted octanol–water partition coefficient (Wildman–Crippen LogP) is 4.69. The molecule has 0 saturated heterocycles. The van der Waals surface area contributed by atoms with Crippen molar-refractivity contribution in [2.75, 3.05) is 0 Å². The zero-order chi connectivity index (χ0) is 16.9. The molecule has 2 nitrogen and oxygen atoms in total. The van der Waals surface area contributed by atoms with Crippen LogP contribution < -0.4 is 0 Å². The molecule has 4 rings (SSSR count). The van der Waals surface area contributed by atoms with Crippen LogP contribution in [0.2, 0.25) is 0 Å². The molecule has 0 amide bonds. The average molecular weight is 322 g/mol. The van der Waals surface area contributed by atoms with Gasteiger partial charge >= 0.3 is 0 Å². The van der Waals surface area contributed by atoms with Crippen molar-refractivity contribution in [1.29, 1.82) is 0 Å². The van der Waals surface area contributed by atoms with E-state index in [4.69, 9.17) is 0 Å². The lowest BCUT2D eigenvalue weighted by Gasteiger charge is -2.51. The third-order valence-electron chi connectivity index (χ3n) is 6.96. The molecule has 5 atom stereocenters. The van der Waals surface area contributed by atoms with Gasteiger partial charge in [-0.05, 0) is 79.0 Å². The predicted molar refractivity (Wildman–Crippen MR) is 95.5 cm³/mol. The largest absolute Gasteiger partial charge is 0.508 e. The summed E-state index contributed by atoms with van der Waals surface area (Å²) in [6.07, 6.45) is 7.19. The molecule has 0 unspecified atom stereocenters. The highest BCUT2D eigenvalue weighted by molar-refractivity contribution is 5.42. The van der Waals surface area contributed by atoms with Gasteiger partial charge in [-0.3, -0.25) is 0 Å². The van der Waals surface area contributed by atoms with Crippen molar-refractivity contribution in [3.63, 3.8) is 0 Å². The maximum Gasteiger partial charge on any atom is 0.115 e. The number of hydrogen-bond donors (Lipinski definition) is 2. The fraction of sp³-hybridized carbons (Fsp3) is 0.545. The molecule has 0 bridgehead atoms. The molecule has 3 aliphatic carbocycles. The standard InChI is InChI=1S/C22H26O2/c1-3-4-5-14-6-9-20-18-13-21(24)19-12-15(23)7-8-16(19)17(18)10-11-22(14,20)2/h6-8,12,17-18,20-21,23-24H,5,9-11,13H2,1-2H3/t17-,18-,20+,21-,22-/m1/s1. The van der Waals surface area contributed by atoms with E-state index in [2.05, 4.69) is 24.8 Å². The monoisotopic (exact) mass is 322 g/mol. The summed E-state index contributed by atoms with van der Waals surface area (Å²) in [6.45, 7) is 4.33. The number of phenols is 1.